The lowest BCUT2D eigenvalue weighted by Crippen LogP contribution is -2.36. The van der Waals surface area contributed by atoms with Gasteiger partial charge in [0.25, 0.3) is 0 Å². The van der Waals surface area contributed by atoms with Gasteiger partial charge in [-0.25, -0.2) is 0 Å². The number of fused-ring (bicyclic) bond motifs is 1. The number of rotatable bonds is 3. The Labute approximate surface area is 126 Å². The van der Waals surface area contributed by atoms with Crippen LogP contribution < -0.4 is 0 Å². The van der Waals surface area contributed by atoms with E-state index in [1.54, 1.807) is 0 Å². The molecule has 0 aromatic heterocycles. The molecule has 1 aromatic carbocycles. The van der Waals surface area contributed by atoms with Crippen LogP contribution in [0.4, 0.5) is 0 Å². The van der Waals surface area contributed by atoms with Gasteiger partial charge in [0.05, 0.1) is 17.8 Å². The second-order valence-corrected chi connectivity index (χ2v) is 6.90. The molecule has 4 heteroatoms. The Balaban J connectivity index is 1.76. The van der Waals surface area contributed by atoms with Gasteiger partial charge in [0, 0.05) is 6.42 Å². The zero-order valence-corrected chi connectivity index (χ0v) is 13.1. The van der Waals surface area contributed by atoms with E-state index in [9.17, 15) is 5.11 Å². The summed E-state index contributed by atoms with van der Waals surface area (Å²) in [7, 11) is 0. The molecule has 0 amide bonds. The third-order valence-electron chi connectivity index (χ3n) is 4.30. The molecule has 1 heterocycles. The van der Waals surface area contributed by atoms with Gasteiger partial charge >= 0.3 is 0 Å². The first-order chi connectivity index (χ1) is 9.78. The first-order valence-corrected chi connectivity index (χ1v) is 7.55. The van der Waals surface area contributed by atoms with Gasteiger partial charge in [0.15, 0.2) is 5.79 Å². The van der Waals surface area contributed by atoms with E-state index in [0.29, 0.717) is 6.42 Å². The molecule has 0 spiro atoms. The third-order valence-corrected chi connectivity index (χ3v) is 4.30. The Bertz CT molecular complexity index is 497. The molecule has 0 bridgehead atoms. The van der Waals surface area contributed by atoms with Gasteiger partial charge in [-0.3, -0.25) is 0 Å². The number of hydrogen-bond acceptors (Lipinski definition) is 4. The summed E-state index contributed by atoms with van der Waals surface area (Å²) in [6, 6.07) is 10.1. The molecule has 21 heavy (non-hydrogen) atoms. The fourth-order valence-corrected chi connectivity index (χ4v) is 3.31. The van der Waals surface area contributed by atoms with Gasteiger partial charge in [-0.1, -0.05) is 30.3 Å². The van der Waals surface area contributed by atoms with Crippen molar-refractivity contribution < 1.29 is 19.3 Å². The Morgan fingerprint density at radius 2 is 1.76 bits per heavy atom. The SMILES string of the molecule is CC1(C)O[C@@H]2[C@H](O1)[C@@H](OC(C)(C)c1ccccc1)C[C@H]2O. The standard InChI is InChI=1S/C17H24O4/c1-16(2,11-8-6-5-7-9-11)19-13-10-12(18)14-15(13)21-17(3,4)20-14/h5-9,12-15,18H,10H2,1-4H3/t12-,13+,14+,15-/m1/s1. The zero-order valence-electron chi connectivity index (χ0n) is 13.1. The monoisotopic (exact) mass is 292 g/mol. The van der Waals surface area contributed by atoms with Crippen molar-refractivity contribution in [2.75, 3.05) is 0 Å². The Hall–Kier alpha value is -0.940. The summed E-state index contributed by atoms with van der Waals surface area (Å²) in [4.78, 5) is 0. The minimum Gasteiger partial charge on any atom is -0.390 e. The molecule has 0 radical (unpaired) electrons. The lowest BCUT2D eigenvalue weighted by atomic mass is 9.97. The van der Waals surface area contributed by atoms with Crippen molar-refractivity contribution in [2.45, 2.75) is 69.9 Å². The summed E-state index contributed by atoms with van der Waals surface area (Å²) in [6.07, 6.45) is -0.660. The van der Waals surface area contributed by atoms with Crippen molar-refractivity contribution in [3.05, 3.63) is 35.9 Å². The molecule has 1 saturated carbocycles. The van der Waals surface area contributed by atoms with E-state index < -0.39 is 17.5 Å². The lowest BCUT2D eigenvalue weighted by molar-refractivity contribution is -0.188. The quantitative estimate of drug-likeness (QED) is 0.930. The number of hydrogen-bond donors (Lipinski definition) is 1. The highest BCUT2D eigenvalue weighted by Gasteiger charge is 2.55. The van der Waals surface area contributed by atoms with Crippen molar-refractivity contribution in [3.63, 3.8) is 0 Å². The van der Waals surface area contributed by atoms with Gasteiger partial charge in [-0.2, -0.15) is 0 Å². The normalized spacial score (nSPS) is 34.9. The number of ether oxygens (including phenoxy) is 3. The smallest absolute Gasteiger partial charge is 0.164 e. The second kappa shape index (κ2) is 5.06. The topological polar surface area (TPSA) is 47.9 Å². The van der Waals surface area contributed by atoms with E-state index in [0.717, 1.165) is 5.56 Å². The van der Waals surface area contributed by atoms with Crippen LogP contribution in [-0.2, 0) is 19.8 Å². The van der Waals surface area contributed by atoms with Crippen LogP contribution in [0.1, 0.15) is 39.7 Å². The average Bonchev–Trinajstić information content (AvgIpc) is 2.86. The molecule has 4 nitrogen and oxygen atoms in total. The molecular formula is C17H24O4. The first-order valence-electron chi connectivity index (χ1n) is 7.55. The number of benzene rings is 1. The van der Waals surface area contributed by atoms with E-state index >= 15 is 0 Å². The van der Waals surface area contributed by atoms with Crippen LogP contribution >= 0.6 is 0 Å². The van der Waals surface area contributed by atoms with Crippen LogP contribution in [0.3, 0.4) is 0 Å². The molecular weight excluding hydrogens is 268 g/mol. The van der Waals surface area contributed by atoms with Gasteiger partial charge in [-0.05, 0) is 33.3 Å². The van der Waals surface area contributed by atoms with Crippen LogP contribution in [0.5, 0.6) is 0 Å². The fourth-order valence-electron chi connectivity index (χ4n) is 3.31. The van der Waals surface area contributed by atoms with Crippen LogP contribution in [0.2, 0.25) is 0 Å². The largest absolute Gasteiger partial charge is 0.390 e. The average molecular weight is 292 g/mol. The van der Waals surface area contributed by atoms with Crippen molar-refractivity contribution in [1.29, 1.82) is 0 Å². The molecule has 1 aromatic rings. The molecule has 2 fully saturated rings. The highest BCUT2D eigenvalue weighted by Crippen LogP contribution is 2.42. The highest BCUT2D eigenvalue weighted by molar-refractivity contribution is 5.21. The predicted molar refractivity (Wildman–Crippen MR) is 78.8 cm³/mol. The molecule has 0 unspecified atom stereocenters. The summed E-state index contributed by atoms with van der Waals surface area (Å²) in [5.74, 6) is -0.658. The summed E-state index contributed by atoms with van der Waals surface area (Å²) >= 11 is 0. The number of aliphatic hydroxyl groups excluding tert-OH is 1. The molecule has 3 rings (SSSR count). The Morgan fingerprint density at radius 3 is 2.43 bits per heavy atom. The first kappa shape index (κ1) is 15.0. The molecule has 1 aliphatic carbocycles. The molecule has 116 valence electrons. The summed E-state index contributed by atoms with van der Waals surface area (Å²) in [6.45, 7) is 7.83. The van der Waals surface area contributed by atoms with Crippen molar-refractivity contribution in [2.24, 2.45) is 0 Å². The van der Waals surface area contributed by atoms with E-state index in [4.69, 9.17) is 14.2 Å². The fraction of sp³-hybridized carbons (Fsp3) is 0.647. The zero-order chi connectivity index (χ0) is 15.3. The van der Waals surface area contributed by atoms with Gasteiger partial charge in [0.2, 0.25) is 0 Å². The second-order valence-electron chi connectivity index (χ2n) is 6.90. The van der Waals surface area contributed by atoms with Gasteiger partial charge in [-0.15, -0.1) is 0 Å². The van der Waals surface area contributed by atoms with Gasteiger partial charge in [0.1, 0.15) is 12.2 Å². The molecule has 1 N–H and O–H groups in total. The van der Waals surface area contributed by atoms with Gasteiger partial charge < -0.3 is 19.3 Å². The molecule has 4 atom stereocenters. The Morgan fingerprint density at radius 1 is 1.14 bits per heavy atom. The van der Waals surface area contributed by atoms with Crippen LogP contribution in [0.15, 0.2) is 30.3 Å². The van der Waals surface area contributed by atoms with E-state index in [-0.39, 0.29) is 18.3 Å². The number of aliphatic hydroxyl groups is 1. The van der Waals surface area contributed by atoms with Crippen molar-refractivity contribution in [3.8, 4) is 0 Å². The highest BCUT2D eigenvalue weighted by atomic mass is 16.8. The summed E-state index contributed by atoms with van der Waals surface area (Å²) in [5.41, 5.74) is 0.678. The summed E-state index contributed by atoms with van der Waals surface area (Å²) < 4.78 is 18.0. The lowest BCUT2D eigenvalue weighted by Gasteiger charge is -2.32. The maximum absolute atomic E-state index is 10.2. The Kier molecular flexibility index (Phi) is 3.61. The van der Waals surface area contributed by atoms with E-state index in [2.05, 4.69) is 12.1 Å². The molecule has 1 aliphatic heterocycles. The van der Waals surface area contributed by atoms with Crippen LogP contribution in [0, 0.1) is 0 Å². The van der Waals surface area contributed by atoms with Crippen LogP contribution in [0.25, 0.3) is 0 Å². The van der Waals surface area contributed by atoms with Crippen LogP contribution in [-0.4, -0.2) is 35.3 Å². The minimum absolute atomic E-state index is 0.165. The van der Waals surface area contributed by atoms with E-state index in [1.807, 2.05) is 45.9 Å². The van der Waals surface area contributed by atoms with E-state index in [1.165, 1.54) is 0 Å². The minimum atomic E-state index is -0.658. The van der Waals surface area contributed by atoms with Crippen molar-refractivity contribution in [1.82, 2.24) is 0 Å². The molecule has 1 saturated heterocycles. The molecule has 2 aliphatic rings. The summed E-state index contributed by atoms with van der Waals surface area (Å²) in [5, 5.41) is 10.2. The third kappa shape index (κ3) is 2.86. The maximum Gasteiger partial charge on any atom is 0.164 e. The van der Waals surface area contributed by atoms with Crippen molar-refractivity contribution >= 4 is 0 Å². The maximum atomic E-state index is 10.2. The predicted octanol–water partition coefficient (Wildman–Crippen LogP) is 2.59.